The smallest absolute Gasteiger partial charge is 0.311 e. The Labute approximate surface area is 57.6 Å². The summed E-state index contributed by atoms with van der Waals surface area (Å²) in [7, 11) is -4.29. The Morgan fingerprint density at radius 2 is 2.30 bits per heavy atom. The van der Waals surface area contributed by atoms with Gasteiger partial charge in [0.25, 0.3) is 0 Å². The van der Waals surface area contributed by atoms with E-state index in [1.165, 1.54) is 5.25 Å². The van der Waals surface area contributed by atoms with Crippen molar-refractivity contribution in [1.82, 2.24) is 5.25 Å². The first-order valence-electron chi connectivity index (χ1n) is 2.38. The average Bonchev–Trinajstić information content (AvgIpc) is 1.78. The zero-order valence-corrected chi connectivity index (χ0v) is 5.91. The highest BCUT2D eigenvalue weighted by molar-refractivity contribution is 7.49. The van der Waals surface area contributed by atoms with Crippen molar-refractivity contribution in [2.24, 2.45) is 0 Å². The number of nitriles is 1. The van der Waals surface area contributed by atoms with E-state index in [0.29, 0.717) is 0 Å². The monoisotopic (exact) mass is 166 g/mol. The van der Waals surface area contributed by atoms with E-state index in [-0.39, 0.29) is 13.0 Å². The summed E-state index contributed by atoms with van der Waals surface area (Å²) in [5.74, 6) is 0. The summed E-state index contributed by atoms with van der Waals surface area (Å²) in [6, 6.07) is 1.74. The molecule has 0 amide bonds. The Morgan fingerprint density at radius 3 is 2.70 bits per heavy atom. The van der Waals surface area contributed by atoms with Gasteiger partial charge in [0.05, 0.1) is 19.1 Å². The minimum atomic E-state index is -4.29. The number of nitrogens with zero attached hydrogens (tertiary/aromatic N) is 1. The predicted octanol–water partition coefficient (Wildman–Crippen LogP) is -0.486. The first kappa shape index (κ1) is 9.56. The maximum atomic E-state index is 9.97. The highest BCUT2D eigenvalue weighted by atomic mass is 31.2. The van der Waals surface area contributed by atoms with E-state index in [9.17, 15) is 4.57 Å². The Bertz CT molecular complexity index is 170. The van der Waals surface area contributed by atoms with Gasteiger partial charge in [0, 0.05) is 0 Å². The second kappa shape index (κ2) is 4.39. The molecule has 0 bridgehead atoms. The van der Waals surface area contributed by atoms with E-state index in [4.69, 9.17) is 15.0 Å². The van der Waals surface area contributed by atoms with E-state index in [1.807, 2.05) is 0 Å². The van der Waals surface area contributed by atoms with Crippen LogP contribution in [0.2, 0.25) is 0 Å². The lowest BCUT2D eigenvalue weighted by molar-refractivity contribution is 0.0771. The van der Waals surface area contributed by atoms with Gasteiger partial charge in [-0.3, -0.25) is 4.84 Å². The van der Waals surface area contributed by atoms with Crippen LogP contribution in [0.3, 0.4) is 0 Å². The van der Waals surface area contributed by atoms with Crippen LogP contribution in [0.4, 0.5) is 0 Å². The molecule has 6 nitrogen and oxygen atoms in total. The molecule has 0 aliphatic rings. The highest BCUT2D eigenvalue weighted by Gasteiger charge is 2.10. The molecule has 0 spiro atoms. The molecule has 0 aromatic carbocycles. The number of rotatable bonds is 4. The summed E-state index contributed by atoms with van der Waals surface area (Å²) in [6.07, 6.45) is 0.0903. The zero-order chi connectivity index (χ0) is 8.04. The fraction of sp³-hybridized carbons (Fsp3) is 0.667. The molecular formula is C3H7N2O4P. The normalized spacial score (nSPS) is 10.9. The van der Waals surface area contributed by atoms with E-state index in [1.54, 1.807) is 6.07 Å². The first-order chi connectivity index (χ1) is 4.56. The zero-order valence-electron chi connectivity index (χ0n) is 5.02. The minimum absolute atomic E-state index is 0.0401. The quantitative estimate of drug-likeness (QED) is 0.296. The molecule has 0 aromatic heterocycles. The molecule has 3 N–H and O–H groups in total. The summed E-state index contributed by atoms with van der Waals surface area (Å²) in [4.78, 5) is 20.4. The summed E-state index contributed by atoms with van der Waals surface area (Å²) < 4.78 is 9.97. The van der Waals surface area contributed by atoms with Crippen molar-refractivity contribution < 1.29 is 19.2 Å². The molecule has 0 saturated carbocycles. The summed E-state index contributed by atoms with van der Waals surface area (Å²) in [5, 5.41) is 9.42. The van der Waals surface area contributed by atoms with Crippen LogP contribution in [-0.2, 0) is 9.40 Å². The number of hydrogen-bond acceptors (Lipinski definition) is 3. The molecule has 10 heavy (non-hydrogen) atoms. The largest absolute Gasteiger partial charge is 0.423 e. The van der Waals surface area contributed by atoms with Crippen LogP contribution in [0.15, 0.2) is 0 Å². The van der Waals surface area contributed by atoms with Crippen molar-refractivity contribution in [2.75, 3.05) is 6.61 Å². The molecule has 0 rings (SSSR count). The van der Waals surface area contributed by atoms with Crippen molar-refractivity contribution in [2.45, 2.75) is 6.42 Å². The second-order valence-electron chi connectivity index (χ2n) is 1.39. The van der Waals surface area contributed by atoms with Gasteiger partial charge in [0.15, 0.2) is 0 Å². The fourth-order valence-electron chi connectivity index (χ4n) is 0.226. The van der Waals surface area contributed by atoms with E-state index in [2.05, 4.69) is 4.84 Å². The van der Waals surface area contributed by atoms with Gasteiger partial charge in [-0.05, 0) is 0 Å². The molecular weight excluding hydrogens is 159 g/mol. The molecule has 0 fully saturated rings. The van der Waals surface area contributed by atoms with Gasteiger partial charge in [-0.1, -0.05) is 0 Å². The molecule has 7 heteroatoms. The van der Waals surface area contributed by atoms with E-state index in [0.717, 1.165) is 0 Å². The number of hydrogen-bond donors (Lipinski definition) is 3. The van der Waals surface area contributed by atoms with Crippen LogP contribution in [0.1, 0.15) is 6.42 Å². The van der Waals surface area contributed by atoms with Gasteiger partial charge >= 0.3 is 7.75 Å². The van der Waals surface area contributed by atoms with E-state index < -0.39 is 7.75 Å². The maximum absolute atomic E-state index is 9.97. The molecule has 0 aliphatic carbocycles. The van der Waals surface area contributed by atoms with E-state index >= 15 is 0 Å². The molecule has 0 heterocycles. The summed E-state index contributed by atoms with van der Waals surface area (Å²) in [5.41, 5.74) is 0. The molecule has 0 aromatic rings. The Balaban J connectivity index is 3.23. The molecule has 0 saturated heterocycles. The van der Waals surface area contributed by atoms with Crippen molar-refractivity contribution in [3.63, 3.8) is 0 Å². The lowest BCUT2D eigenvalue weighted by Gasteiger charge is -2.03. The van der Waals surface area contributed by atoms with Crippen molar-refractivity contribution in [1.29, 1.82) is 5.26 Å². The van der Waals surface area contributed by atoms with Gasteiger partial charge in [-0.15, -0.1) is 5.25 Å². The molecule has 0 unspecified atom stereocenters. The van der Waals surface area contributed by atoms with Crippen LogP contribution in [-0.4, -0.2) is 16.4 Å². The minimum Gasteiger partial charge on any atom is -0.311 e. The summed E-state index contributed by atoms with van der Waals surface area (Å²) >= 11 is 0. The highest BCUT2D eigenvalue weighted by Crippen LogP contribution is 2.27. The van der Waals surface area contributed by atoms with Gasteiger partial charge in [-0.25, -0.2) is 4.57 Å². The lowest BCUT2D eigenvalue weighted by atomic mass is 10.5. The molecule has 0 aliphatic heterocycles. The molecule has 58 valence electrons. The third-order valence-electron chi connectivity index (χ3n) is 0.499. The Kier molecular flexibility index (Phi) is 4.19. The number of nitrogens with one attached hydrogen (secondary N) is 1. The van der Waals surface area contributed by atoms with Gasteiger partial charge < -0.3 is 9.79 Å². The SMILES string of the molecule is N#CCCONP(=O)(O)O. The van der Waals surface area contributed by atoms with Crippen LogP contribution in [0.25, 0.3) is 0 Å². The Hall–Kier alpha value is -0.440. The van der Waals surface area contributed by atoms with Crippen LogP contribution in [0, 0.1) is 11.3 Å². The third-order valence-corrected chi connectivity index (χ3v) is 0.866. The van der Waals surface area contributed by atoms with Gasteiger partial charge in [0.2, 0.25) is 0 Å². The van der Waals surface area contributed by atoms with Crippen molar-refractivity contribution >= 4 is 7.75 Å². The second-order valence-corrected chi connectivity index (χ2v) is 2.66. The van der Waals surface area contributed by atoms with Crippen LogP contribution in [0.5, 0.6) is 0 Å². The molecule has 0 atom stereocenters. The van der Waals surface area contributed by atoms with Crippen LogP contribution >= 0.6 is 7.75 Å². The average molecular weight is 166 g/mol. The molecule has 0 radical (unpaired) electrons. The topological polar surface area (TPSA) is 103 Å². The van der Waals surface area contributed by atoms with Crippen molar-refractivity contribution in [3.8, 4) is 6.07 Å². The lowest BCUT2D eigenvalue weighted by Crippen LogP contribution is -2.11. The van der Waals surface area contributed by atoms with Gasteiger partial charge in [-0.2, -0.15) is 5.26 Å². The summed E-state index contributed by atoms with van der Waals surface area (Å²) in [6.45, 7) is -0.0401. The van der Waals surface area contributed by atoms with Gasteiger partial charge in [0.1, 0.15) is 0 Å². The maximum Gasteiger partial charge on any atom is 0.423 e. The first-order valence-corrected chi connectivity index (χ1v) is 3.99. The van der Waals surface area contributed by atoms with Crippen molar-refractivity contribution in [3.05, 3.63) is 0 Å². The predicted molar refractivity (Wildman–Crippen MR) is 31.4 cm³/mol. The third kappa shape index (κ3) is 7.56. The fourth-order valence-corrected chi connectivity index (χ4v) is 0.486. The Morgan fingerprint density at radius 1 is 1.70 bits per heavy atom. The van der Waals surface area contributed by atoms with Crippen LogP contribution < -0.4 is 5.25 Å². The standard InChI is InChI=1S/C3H7N2O4P/c4-2-1-3-9-5-10(6,7)8/h1,3H2,(H3,5,6,7,8).